The fraction of sp³-hybridized carbons (Fsp3) is 0.278. The van der Waals surface area contributed by atoms with Gasteiger partial charge in [0.1, 0.15) is 0 Å². The number of nitrogens with zero attached hydrogens (tertiary/aromatic N) is 1. The summed E-state index contributed by atoms with van der Waals surface area (Å²) in [4.78, 5) is 12.3. The molecule has 0 spiro atoms. The van der Waals surface area contributed by atoms with Gasteiger partial charge in [-0.1, -0.05) is 29.3 Å². The summed E-state index contributed by atoms with van der Waals surface area (Å²) in [5, 5.41) is 3.55. The smallest absolute Gasteiger partial charge is 0.243 e. The Morgan fingerprint density at radius 3 is 2.23 bits per heavy atom. The molecule has 5 nitrogen and oxygen atoms in total. The quantitative estimate of drug-likeness (QED) is 0.769. The maximum atomic E-state index is 12.4. The molecule has 0 aliphatic rings. The summed E-state index contributed by atoms with van der Waals surface area (Å²) in [5.41, 5.74) is 1.25. The normalized spacial score (nSPS) is 11.8. The summed E-state index contributed by atoms with van der Waals surface area (Å²) in [6, 6.07) is 10.9. The molecule has 0 saturated carbocycles. The standard InChI is InChI=1S/C18H20Cl2N2O3S/c1-12(2)22(3)26(24,25)15-7-5-14(6-8-15)21-18(23)11-13-4-9-16(19)17(20)10-13/h4-10,12H,11H2,1-3H3,(H,21,23). The van der Waals surface area contributed by atoms with Crippen molar-refractivity contribution in [3.05, 3.63) is 58.1 Å². The molecule has 26 heavy (non-hydrogen) atoms. The molecule has 0 radical (unpaired) electrons. The monoisotopic (exact) mass is 414 g/mol. The second-order valence-electron chi connectivity index (χ2n) is 6.11. The molecule has 8 heteroatoms. The zero-order valence-corrected chi connectivity index (χ0v) is 17.0. The summed E-state index contributed by atoms with van der Waals surface area (Å²) in [7, 11) is -2.01. The van der Waals surface area contributed by atoms with Crippen LogP contribution in [0.2, 0.25) is 10.0 Å². The number of sulfonamides is 1. The summed E-state index contributed by atoms with van der Waals surface area (Å²) in [5.74, 6) is -0.238. The van der Waals surface area contributed by atoms with E-state index in [2.05, 4.69) is 5.32 Å². The molecule has 0 saturated heterocycles. The third kappa shape index (κ3) is 4.98. The van der Waals surface area contributed by atoms with Crippen LogP contribution in [0.5, 0.6) is 0 Å². The lowest BCUT2D eigenvalue weighted by molar-refractivity contribution is -0.115. The van der Waals surface area contributed by atoms with Crippen LogP contribution in [0.4, 0.5) is 5.69 Å². The Balaban J connectivity index is 2.07. The van der Waals surface area contributed by atoms with Crippen LogP contribution in [0, 0.1) is 0 Å². The van der Waals surface area contributed by atoms with Crippen LogP contribution in [0.3, 0.4) is 0 Å². The van der Waals surface area contributed by atoms with E-state index in [1.165, 1.54) is 23.5 Å². The Hall–Kier alpha value is -1.60. The van der Waals surface area contributed by atoms with Gasteiger partial charge in [0.15, 0.2) is 0 Å². The highest BCUT2D eigenvalue weighted by Crippen LogP contribution is 2.23. The van der Waals surface area contributed by atoms with Gasteiger partial charge in [0.05, 0.1) is 21.4 Å². The third-order valence-electron chi connectivity index (χ3n) is 3.89. The average molecular weight is 415 g/mol. The first-order chi connectivity index (χ1) is 12.1. The van der Waals surface area contributed by atoms with Gasteiger partial charge in [0, 0.05) is 18.8 Å². The molecule has 0 heterocycles. The fourth-order valence-corrected chi connectivity index (χ4v) is 3.88. The van der Waals surface area contributed by atoms with Crippen molar-refractivity contribution in [2.24, 2.45) is 0 Å². The van der Waals surface area contributed by atoms with Crippen molar-refractivity contribution in [3.8, 4) is 0 Å². The maximum Gasteiger partial charge on any atom is 0.243 e. The van der Waals surface area contributed by atoms with Gasteiger partial charge in [-0.05, 0) is 55.8 Å². The first-order valence-electron chi connectivity index (χ1n) is 7.93. The molecule has 2 aromatic rings. The first-order valence-corrected chi connectivity index (χ1v) is 10.1. The highest BCUT2D eigenvalue weighted by atomic mass is 35.5. The fourth-order valence-electron chi connectivity index (χ4n) is 2.19. The number of carbonyl (C=O) groups is 1. The van der Waals surface area contributed by atoms with E-state index in [0.717, 1.165) is 5.56 Å². The second kappa shape index (κ2) is 8.39. The van der Waals surface area contributed by atoms with Crippen LogP contribution in [0.25, 0.3) is 0 Å². The van der Waals surface area contributed by atoms with Gasteiger partial charge in [-0.3, -0.25) is 4.79 Å². The Bertz CT molecular complexity index is 897. The first kappa shape index (κ1) is 20.7. The van der Waals surface area contributed by atoms with E-state index in [1.54, 1.807) is 44.2 Å². The van der Waals surface area contributed by atoms with E-state index >= 15 is 0 Å². The predicted octanol–water partition coefficient (Wildman–Crippen LogP) is 4.20. The van der Waals surface area contributed by atoms with Crippen LogP contribution in [0.1, 0.15) is 19.4 Å². The van der Waals surface area contributed by atoms with Crippen molar-refractivity contribution in [3.63, 3.8) is 0 Å². The van der Waals surface area contributed by atoms with E-state index in [-0.39, 0.29) is 23.3 Å². The number of benzene rings is 2. The van der Waals surface area contributed by atoms with Crippen LogP contribution >= 0.6 is 23.2 Å². The number of hydrogen-bond acceptors (Lipinski definition) is 3. The lowest BCUT2D eigenvalue weighted by Gasteiger charge is -2.21. The van der Waals surface area contributed by atoms with Gasteiger partial charge >= 0.3 is 0 Å². The minimum Gasteiger partial charge on any atom is -0.326 e. The molecule has 2 rings (SSSR count). The Labute approximate surface area is 164 Å². The highest BCUT2D eigenvalue weighted by Gasteiger charge is 2.22. The van der Waals surface area contributed by atoms with E-state index in [9.17, 15) is 13.2 Å². The molecule has 0 atom stereocenters. The van der Waals surface area contributed by atoms with E-state index in [1.807, 2.05) is 0 Å². The molecule has 140 valence electrons. The molecular weight excluding hydrogens is 395 g/mol. The van der Waals surface area contributed by atoms with E-state index in [0.29, 0.717) is 15.7 Å². The summed E-state index contributed by atoms with van der Waals surface area (Å²) in [6.45, 7) is 3.60. The van der Waals surface area contributed by atoms with Gasteiger partial charge in [-0.25, -0.2) is 8.42 Å². The molecule has 0 aromatic heterocycles. The number of rotatable bonds is 6. The molecule has 2 aromatic carbocycles. The summed E-state index contributed by atoms with van der Waals surface area (Å²) in [6.07, 6.45) is 0.132. The minimum absolute atomic E-state index is 0.132. The number of nitrogens with one attached hydrogen (secondary N) is 1. The topological polar surface area (TPSA) is 66.5 Å². The number of hydrogen-bond donors (Lipinski definition) is 1. The van der Waals surface area contributed by atoms with Gasteiger partial charge in [0.25, 0.3) is 0 Å². The van der Waals surface area contributed by atoms with Gasteiger partial charge in [-0.2, -0.15) is 4.31 Å². The summed E-state index contributed by atoms with van der Waals surface area (Å²) < 4.78 is 26.1. The molecule has 0 aliphatic carbocycles. The minimum atomic E-state index is -3.55. The largest absolute Gasteiger partial charge is 0.326 e. The maximum absolute atomic E-state index is 12.4. The molecule has 1 N–H and O–H groups in total. The van der Waals surface area contributed by atoms with Crippen molar-refractivity contribution < 1.29 is 13.2 Å². The van der Waals surface area contributed by atoms with E-state index < -0.39 is 10.0 Å². The lowest BCUT2D eigenvalue weighted by Crippen LogP contribution is -2.33. The van der Waals surface area contributed by atoms with Crippen LogP contribution in [0.15, 0.2) is 47.4 Å². The number of amides is 1. The predicted molar refractivity (Wildman–Crippen MR) is 105 cm³/mol. The zero-order chi connectivity index (χ0) is 19.5. The highest BCUT2D eigenvalue weighted by molar-refractivity contribution is 7.89. The van der Waals surface area contributed by atoms with Crippen LogP contribution < -0.4 is 5.32 Å². The van der Waals surface area contributed by atoms with Crippen LogP contribution in [-0.4, -0.2) is 31.7 Å². The molecule has 0 unspecified atom stereocenters. The molecule has 1 amide bonds. The average Bonchev–Trinajstić information content (AvgIpc) is 2.57. The van der Waals surface area contributed by atoms with Crippen molar-refractivity contribution >= 4 is 44.8 Å². The Kier molecular flexibility index (Phi) is 6.69. The second-order valence-corrected chi connectivity index (χ2v) is 8.92. The van der Waals surface area contributed by atoms with Crippen molar-refractivity contribution in [2.45, 2.75) is 31.2 Å². The van der Waals surface area contributed by atoms with Crippen molar-refractivity contribution in [1.29, 1.82) is 0 Å². The third-order valence-corrected chi connectivity index (χ3v) is 6.68. The van der Waals surface area contributed by atoms with Crippen molar-refractivity contribution in [1.82, 2.24) is 4.31 Å². The summed E-state index contributed by atoms with van der Waals surface area (Å²) >= 11 is 11.8. The number of carbonyl (C=O) groups excluding carboxylic acids is 1. The van der Waals surface area contributed by atoms with Gasteiger partial charge < -0.3 is 5.32 Å². The van der Waals surface area contributed by atoms with E-state index in [4.69, 9.17) is 23.2 Å². The van der Waals surface area contributed by atoms with Crippen LogP contribution in [-0.2, 0) is 21.2 Å². The number of halogens is 2. The Morgan fingerprint density at radius 1 is 1.08 bits per heavy atom. The Morgan fingerprint density at radius 2 is 1.69 bits per heavy atom. The lowest BCUT2D eigenvalue weighted by atomic mass is 10.1. The number of anilines is 1. The molecule has 0 aliphatic heterocycles. The molecular formula is C18H20Cl2N2O3S. The van der Waals surface area contributed by atoms with Crippen molar-refractivity contribution in [2.75, 3.05) is 12.4 Å². The zero-order valence-electron chi connectivity index (χ0n) is 14.7. The van der Waals surface area contributed by atoms with Gasteiger partial charge in [0.2, 0.25) is 15.9 Å². The SMILES string of the molecule is CC(C)N(C)S(=O)(=O)c1ccc(NC(=O)Cc2ccc(Cl)c(Cl)c2)cc1. The molecule has 0 bridgehead atoms. The van der Waals surface area contributed by atoms with Gasteiger partial charge in [-0.15, -0.1) is 0 Å². The molecule has 0 fully saturated rings.